The summed E-state index contributed by atoms with van der Waals surface area (Å²) < 4.78 is 18.3. The molecule has 0 radical (unpaired) electrons. The average molecular weight is 277 g/mol. The van der Waals surface area contributed by atoms with E-state index < -0.39 is 6.10 Å². The third-order valence-electron chi connectivity index (χ3n) is 4.56. The molecule has 0 spiro atoms. The van der Waals surface area contributed by atoms with Crippen molar-refractivity contribution in [1.29, 1.82) is 0 Å². The largest absolute Gasteiger partial charge is 0.481 e. The van der Waals surface area contributed by atoms with Crippen LogP contribution >= 0.6 is 0 Å². The molecule has 2 aliphatic rings. The van der Waals surface area contributed by atoms with Crippen LogP contribution in [0.5, 0.6) is 5.75 Å². The highest BCUT2D eigenvalue weighted by molar-refractivity contribution is 5.81. The molecule has 1 amide bonds. The van der Waals surface area contributed by atoms with Crippen molar-refractivity contribution >= 4 is 5.91 Å². The molecular formula is C16H20FNO2. The number of carbonyl (C=O) groups is 1. The van der Waals surface area contributed by atoms with E-state index in [2.05, 4.69) is 5.32 Å². The SMILES string of the molecule is C[C@H](Oc1ccc(F)cc1)C(=O)N[C@@H]1C[C@@H]2CC[C@@H]1C2. The molecule has 2 bridgehead atoms. The lowest BCUT2D eigenvalue weighted by Crippen LogP contribution is -2.44. The van der Waals surface area contributed by atoms with Gasteiger partial charge in [0, 0.05) is 6.04 Å². The number of halogens is 1. The molecule has 3 nitrogen and oxygen atoms in total. The van der Waals surface area contributed by atoms with Crippen molar-refractivity contribution in [2.24, 2.45) is 11.8 Å². The number of ether oxygens (including phenoxy) is 1. The van der Waals surface area contributed by atoms with Crippen molar-refractivity contribution in [3.05, 3.63) is 30.1 Å². The predicted molar refractivity (Wildman–Crippen MR) is 73.9 cm³/mol. The van der Waals surface area contributed by atoms with E-state index in [1.54, 1.807) is 6.92 Å². The fourth-order valence-electron chi connectivity index (χ4n) is 3.49. The highest BCUT2D eigenvalue weighted by Gasteiger charge is 2.40. The van der Waals surface area contributed by atoms with Gasteiger partial charge >= 0.3 is 0 Å². The fraction of sp³-hybridized carbons (Fsp3) is 0.562. The molecule has 2 saturated carbocycles. The Bertz CT molecular complexity index is 488. The Morgan fingerprint density at radius 2 is 2.05 bits per heavy atom. The van der Waals surface area contributed by atoms with E-state index in [-0.39, 0.29) is 11.7 Å². The molecule has 0 heterocycles. The first-order valence-electron chi connectivity index (χ1n) is 7.34. The van der Waals surface area contributed by atoms with Crippen molar-refractivity contribution in [2.45, 2.75) is 44.8 Å². The second-order valence-electron chi connectivity index (χ2n) is 6.00. The number of hydrogen-bond acceptors (Lipinski definition) is 2. The van der Waals surface area contributed by atoms with Gasteiger partial charge in [-0.3, -0.25) is 4.79 Å². The molecule has 3 rings (SSSR count). The second kappa shape index (κ2) is 5.43. The van der Waals surface area contributed by atoms with E-state index >= 15 is 0 Å². The molecule has 0 unspecified atom stereocenters. The fourth-order valence-corrected chi connectivity index (χ4v) is 3.49. The topological polar surface area (TPSA) is 38.3 Å². The molecule has 108 valence electrons. The quantitative estimate of drug-likeness (QED) is 0.919. The summed E-state index contributed by atoms with van der Waals surface area (Å²) in [5.41, 5.74) is 0. The average Bonchev–Trinajstić information content (AvgIpc) is 3.03. The molecule has 1 aromatic rings. The zero-order chi connectivity index (χ0) is 14.1. The van der Waals surface area contributed by atoms with E-state index in [0.717, 1.165) is 12.3 Å². The molecule has 20 heavy (non-hydrogen) atoms. The van der Waals surface area contributed by atoms with Crippen LogP contribution < -0.4 is 10.1 Å². The van der Waals surface area contributed by atoms with Crippen LogP contribution in [0.3, 0.4) is 0 Å². The normalized spacial score (nSPS) is 29.2. The van der Waals surface area contributed by atoms with Gasteiger partial charge in [-0.05, 0) is 62.3 Å². The summed E-state index contributed by atoms with van der Waals surface area (Å²) in [6, 6.07) is 6.06. The summed E-state index contributed by atoms with van der Waals surface area (Å²) in [6.07, 6.45) is 4.37. The van der Waals surface area contributed by atoms with Crippen LogP contribution in [0.1, 0.15) is 32.6 Å². The Hall–Kier alpha value is -1.58. The number of amides is 1. The van der Waals surface area contributed by atoms with Gasteiger partial charge < -0.3 is 10.1 Å². The van der Waals surface area contributed by atoms with Gasteiger partial charge in [0.2, 0.25) is 0 Å². The Kier molecular flexibility index (Phi) is 3.64. The highest BCUT2D eigenvalue weighted by Crippen LogP contribution is 2.44. The monoisotopic (exact) mass is 277 g/mol. The Morgan fingerprint density at radius 3 is 2.65 bits per heavy atom. The molecule has 1 N–H and O–H groups in total. The lowest BCUT2D eigenvalue weighted by Gasteiger charge is -2.24. The van der Waals surface area contributed by atoms with Crippen LogP contribution in [-0.4, -0.2) is 18.1 Å². The molecule has 0 saturated heterocycles. The van der Waals surface area contributed by atoms with Gasteiger partial charge in [-0.15, -0.1) is 0 Å². The lowest BCUT2D eigenvalue weighted by atomic mass is 9.95. The maximum Gasteiger partial charge on any atom is 0.261 e. The molecule has 4 heteroatoms. The highest BCUT2D eigenvalue weighted by atomic mass is 19.1. The second-order valence-corrected chi connectivity index (χ2v) is 6.00. The molecule has 0 aliphatic heterocycles. The predicted octanol–water partition coefficient (Wildman–Crippen LogP) is 2.90. The van der Waals surface area contributed by atoms with Crippen LogP contribution in [0.2, 0.25) is 0 Å². The number of carbonyl (C=O) groups excluding carboxylic acids is 1. The van der Waals surface area contributed by atoms with Gasteiger partial charge in [0.25, 0.3) is 5.91 Å². The third kappa shape index (κ3) is 2.79. The van der Waals surface area contributed by atoms with Crippen molar-refractivity contribution < 1.29 is 13.9 Å². The van der Waals surface area contributed by atoms with Gasteiger partial charge in [-0.1, -0.05) is 6.42 Å². The van der Waals surface area contributed by atoms with Crippen LogP contribution in [0.4, 0.5) is 4.39 Å². The molecule has 0 aromatic heterocycles. The van der Waals surface area contributed by atoms with Gasteiger partial charge in [-0.2, -0.15) is 0 Å². The van der Waals surface area contributed by atoms with Crippen LogP contribution in [0.25, 0.3) is 0 Å². The summed E-state index contributed by atoms with van der Waals surface area (Å²) in [5, 5.41) is 3.10. The Morgan fingerprint density at radius 1 is 1.30 bits per heavy atom. The Balaban J connectivity index is 1.53. The number of rotatable bonds is 4. The smallest absolute Gasteiger partial charge is 0.261 e. The zero-order valence-electron chi connectivity index (χ0n) is 11.6. The van der Waals surface area contributed by atoms with E-state index in [1.165, 1.54) is 43.5 Å². The van der Waals surface area contributed by atoms with Crippen molar-refractivity contribution in [1.82, 2.24) is 5.32 Å². The van der Waals surface area contributed by atoms with E-state index in [1.807, 2.05) is 0 Å². The maximum absolute atomic E-state index is 12.8. The molecule has 2 aliphatic carbocycles. The van der Waals surface area contributed by atoms with Crippen molar-refractivity contribution in [2.75, 3.05) is 0 Å². The number of fused-ring (bicyclic) bond motifs is 2. The van der Waals surface area contributed by atoms with E-state index in [9.17, 15) is 9.18 Å². The lowest BCUT2D eigenvalue weighted by molar-refractivity contribution is -0.128. The summed E-state index contributed by atoms with van der Waals surface area (Å²) in [4.78, 5) is 12.1. The van der Waals surface area contributed by atoms with Crippen LogP contribution in [0.15, 0.2) is 24.3 Å². The first-order chi connectivity index (χ1) is 9.61. The third-order valence-corrected chi connectivity index (χ3v) is 4.56. The molecule has 2 fully saturated rings. The standard InChI is InChI=1S/C16H20FNO2/c1-10(20-14-6-4-13(17)5-7-14)16(19)18-15-9-11-2-3-12(15)8-11/h4-7,10-12,15H,2-3,8-9H2,1H3,(H,18,19)/t10-,11+,12+,15+/m0/s1. The van der Waals surface area contributed by atoms with Gasteiger partial charge in [0.05, 0.1) is 0 Å². The van der Waals surface area contributed by atoms with E-state index in [4.69, 9.17) is 4.74 Å². The Labute approximate surface area is 118 Å². The minimum absolute atomic E-state index is 0.0770. The van der Waals surface area contributed by atoms with Gasteiger partial charge in [-0.25, -0.2) is 4.39 Å². The van der Waals surface area contributed by atoms with Crippen LogP contribution in [0, 0.1) is 17.7 Å². The number of nitrogens with one attached hydrogen (secondary N) is 1. The van der Waals surface area contributed by atoms with Crippen LogP contribution in [-0.2, 0) is 4.79 Å². The minimum atomic E-state index is -0.556. The summed E-state index contributed by atoms with van der Waals surface area (Å²) in [7, 11) is 0. The van der Waals surface area contributed by atoms with Gasteiger partial charge in [0.15, 0.2) is 6.10 Å². The zero-order valence-corrected chi connectivity index (χ0v) is 11.6. The maximum atomic E-state index is 12.8. The van der Waals surface area contributed by atoms with Crippen molar-refractivity contribution in [3.8, 4) is 5.75 Å². The molecular weight excluding hydrogens is 257 g/mol. The summed E-state index contributed by atoms with van der Waals surface area (Å²) in [6.45, 7) is 1.73. The van der Waals surface area contributed by atoms with E-state index in [0.29, 0.717) is 17.7 Å². The summed E-state index contributed by atoms with van der Waals surface area (Å²) >= 11 is 0. The summed E-state index contributed by atoms with van der Waals surface area (Å²) in [5.74, 6) is 1.59. The first-order valence-corrected chi connectivity index (χ1v) is 7.34. The minimum Gasteiger partial charge on any atom is -0.481 e. The van der Waals surface area contributed by atoms with Gasteiger partial charge in [0.1, 0.15) is 11.6 Å². The number of hydrogen-bond donors (Lipinski definition) is 1. The molecule has 1 aromatic carbocycles. The first kappa shape index (κ1) is 13.4. The number of benzene rings is 1. The van der Waals surface area contributed by atoms with Crippen molar-refractivity contribution in [3.63, 3.8) is 0 Å². The molecule has 4 atom stereocenters.